The number of aryl methyl sites for hydroxylation is 1. The van der Waals surface area contributed by atoms with Gasteiger partial charge >= 0.3 is 0 Å². The van der Waals surface area contributed by atoms with Gasteiger partial charge in [0.2, 0.25) is 21.8 Å². The van der Waals surface area contributed by atoms with E-state index in [1.165, 1.54) is 25.4 Å². The third-order valence-corrected chi connectivity index (χ3v) is 7.97. The van der Waals surface area contributed by atoms with Crippen LogP contribution in [-0.2, 0) is 26.0 Å². The van der Waals surface area contributed by atoms with E-state index in [1.807, 2.05) is 13.0 Å². The third kappa shape index (κ3) is 6.52. The molecule has 0 aromatic heterocycles. The van der Waals surface area contributed by atoms with E-state index < -0.39 is 16.1 Å². The van der Waals surface area contributed by atoms with Crippen molar-refractivity contribution in [3.63, 3.8) is 0 Å². The number of para-hydroxylation sites is 1. The molecule has 1 atom stereocenters. The van der Waals surface area contributed by atoms with Crippen LogP contribution in [0.4, 0.5) is 0 Å². The predicted octanol–water partition coefficient (Wildman–Crippen LogP) is 2.03. The van der Waals surface area contributed by atoms with Gasteiger partial charge in [0.25, 0.3) is 0 Å². The second-order valence-electron chi connectivity index (χ2n) is 8.61. The quantitative estimate of drug-likeness (QED) is 0.541. The van der Waals surface area contributed by atoms with Gasteiger partial charge in [-0.25, -0.2) is 8.42 Å². The van der Waals surface area contributed by atoms with Crippen LogP contribution in [0.5, 0.6) is 11.5 Å². The zero-order valence-electron chi connectivity index (χ0n) is 20.5. The van der Waals surface area contributed by atoms with Gasteiger partial charge in [0.15, 0.2) is 11.5 Å². The maximum atomic E-state index is 13.1. The first-order chi connectivity index (χ1) is 16.6. The molecular formula is C25H33N3O6S. The predicted molar refractivity (Wildman–Crippen MR) is 132 cm³/mol. The first kappa shape index (κ1) is 26.5. The second-order valence-corrected chi connectivity index (χ2v) is 10.5. The zero-order chi connectivity index (χ0) is 25.6. The molecule has 1 aliphatic rings. The van der Waals surface area contributed by atoms with Crippen LogP contribution in [0.25, 0.3) is 0 Å². The Morgan fingerprint density at radius 2 is 1.71 bits per heavy atom. The Kier molecular flexibility index (Phi) is 8.74. The van der Waals surface area contributed by atoms with E-state index in [-0.39, 0.29) is 29.2 Å². The van der Waals surface area contributed by atoms with Crippen molar-refractivity contribution in [2.45, 2.75) is 50.1 Å². The summed E-state index contributed by atoms with van der Waals surface area (Å²) >= 11 is 0. The summed E-state index contributed by atoms with van der Waals surface area (Å²) < 4.78 is 38.1. The van der Waals surface area contributed by atoms with Gasteiger partial charge < -0.3 is 20.1 Å². The van der Waals surface area contributed by atoms with Crippen molar-refractivity contribution in [1.29, 1.82) is 0 Å². The highest BCUT2D eigenvalue weighted by Crippen LogP contribution is 2.31. The van der Waals surface area contributed by atoms with E-state index in [4.69, 9.17) is 9.47 Å². The minimum atomic E-state index is -3.58. The Hall–Kier alpha value is -3.11. The van der Waals surface area contributed by atoms with Crippen molar-refractivity contribution >= 4 is 21.8 Å². The smallest absolute Gasteiger partial charge is 0.243 e. The first-order valence-electron chi connectivity index (χ1n) is 11.5. The molecule has 0 unspecified atom stereocenters. The molecule has 1 saturated heterocycles. The number of piperidine rings is 1. The van der Waals surface area contributed by atoms with Gasteiger partial charge in [-0.3, -0.25) is 9.59 Å². The number of rotatable bonds is 9. The van der Waals surface area contributed by atoms with Crippen LogP contribution in [0.1, 0.15) is 30.9 Å². The molecule has 1 aliphatic heterocycles. The van der Waals surface area contributed by atoms with Crippen molar-refractivity contribution < 1.29 is 27.5 Å². The molecule has 0 bridgehead atoms. The van der Waals surface area contributed by atoms with Gasteiger partial charge in [0, 0.05) is 38.0 Å². The van der Waals surface area contributed by atoms with E-state index in [1.54, 1.807) is 36.4 Å². The number of amides is 2. The van der Waals surface area contributed by atoms with Gasteiger partial charge in [-0.2, -0.15) is 4.31 Å². The highest BCUT2D eigenvalue weighted by molar-refractivity contribution is 7.89. The summed E-state index contributed by atoms with van der Waals surface area (Å²) in [6.45, 7) is 3.87. The summed E-state index contributed by atoms with van der Waals surface area (Å²) in [6.07, 6.45) is 1.17. The van der Waals surface area contributed by atoms with E-state index in [0.29, 0.717) is 37.4 Å². The molecule has 35 heavy (non-hydrogen) atoms. The number of carbonyl (C=O) groups excluding carboxylic acids is 2. The van der Waals surface area contributed by atoms with Gasteiger partial charge in [0.05, 0.1) is 19.1 Å². The highest BCUT2D eigenvalue weighted by atomic mass is 32.2. The SMILES string of the molecule is COc1cccc(C[C@H](NC(C)=O)C(=O)NC2CCN(S(=O)(=O)c3ccc(C)cc3)CC2)c1OC. The summed E-state index contributed by atoms with van der Waals surface area (Å²) in [7, 11) is -0.526. The molecule has 0 spiro atoms. The van der Waals surface area contributed by atoms with Crippen LogP contribution in [-0.4, -0.2) is 63.9 Å². The summed E-state index contributed by atoms with van der Waals surface area (Å²) in [5, 5.41) is 5.69. The number of carbonyl (C=O) groups is 2. The zero-order valence-corrected chi connectivity index (χ0v) is 21.4. The first-order valence-corrected chi connectivity index (χ1v) is 12.9. The molecule has 3 rings (SSSR count). The lowest BCUT2D eigenvalue weighted by molar-refractivity contribution is -0.128. The fraction of sp³-hybridized carbons (Fsp3) is 0.440. The maximum absolute atomic E-state index is 13.1. The van der Waals surface area contributed by atoms with Crippen LogP contribution in [0.15, 0.2) is 47.4 Å². The van der Waals surface area contributed by atoms with Crippen molar-refractivity contribution in [2.75, 3.05) is 27.3 Å². The van der Waals surface area contributed by atoms with Gasteiger partial charge in [-0.15, -0.1) is 0 Å². The fourth-order valence-corrected chi connectivity index (χ4v) is 5.66. The largest absolute Gasteiger partial charge is 0.493 e. The summed E-state index contributed by atoms with van der Waals surface area (Å²) in [5.74, 6) is 0.387. The molecule has 2 aromatic carbocycles. The monoisotopic (exact) mass is 503 g/mol. The Morgan fingerprint density at radius 1 is 1.06 bits per heavy atom. The number of ether oxygens (including phenoxy) is 2. The maximum Gasteiger partial charge on any atom is 0.243 e. The molecule has 9 nitrogen and oxygen atoms in total. The van der Waals surface area contributed by atoms with Gasteiger partial charge in [0.1, 0.15) is 6.04 Å². The Labute approximate surface area is 206 Å². The lowest BCUT2D eigenvalue weighted by atomic mass is 10.0. The third-order valence-electron chi connectivity index (χ3n) is 6.06. The Balaban J connectivity index is 1.65. The molecule has 0 radical (unpaired) electrons. The minimum Gasteiger partial charge on any atom is -0.493 e. The molecule has 190 valence electrons. The van der Waals surface area contributed by atoms with Gasteiger partial charge in [-0.05, 0) is 38.0 Å². The number of hydrogen-bond donors (Lipinski definition) is 2. The topological polar surface area (TPSA) is 114 Å². The molecule has 2 aromatic rings. The standard InChI is InChI=1S/C25H33N3O6S/c1-17-8-10-21(11-9-17)35(31,32)28-14-12-20(13-15-28)27-25(30)22(26-18(2)29)16-19-6-5-7-23(33-3)24(19)34-4/h5-11,20,22H,12-16H2,1-4H3,(H,26,29)(H,27,30)/t22-/m0/s1. The van der Waals surface area contributed by atoms with E-state index >= 15 is 0 Å². The number of methoxy groups -OCH3 is 2. The Morgan fingerprint density at radius 3 is 2.29 bits per heavy atom. The van der Waals surface area contributed by atoms with Crippen molar-refractivity contribution in [3.8, 4) is 11.5 Å². The molecule has 0 aliphatic carbocycles. The molecular weight excluding hydrogens is 470 g/mol. The highest BCUT2D eigenvalue weighted by Gasteiger charge is 2.31. The molecule has 1 heterocycles. The van der Waals surface area contributed by atoms with Crippen LogP contribution in [0.2, 0.25) is 0 Å². The van der Waals surface area contributed by atoms with Crippen LogP contribution in [0, 0.1) is 6.92 Å². The summed E-state index contributed by atoms with van der Waals surface area (Å²) in [6, 6.07) is 11.1. The average Bonchev–Trinajstić information content (AvgIpc) is 2.83. The van der Waals surface area contributed by atoms with E-state index in [9.17, 15) is 18.0 Å². The summed E-state index contributed by atoms with van der Waals surface area (Å²) in [4.78, 5) is 25.2. The van der Waals surface area contributed by atoms with Crippen molar-refractivity contribution in [1.82, 2.24) is 14.9 Å². The number of nitrogens with one attached hydrogen (secondary N) is 2. The van der Waals surface area contributed by atoms with Crippen molar-refractivity contribution in [3.05, 3.63) is 53.6 Å². The minimum absolute atomic E-state index is 0.199. The van der Waals surface area contributed by atoms with Crippen LogP contribution in [0.3, 0.4) is 0 Å². The van der Waals surface area contributed by atoms with E-state index in [2.05, 4.69) is 10.6 Å². The average molecular weight is 504 g/mol. The molecule has 10 heteroatoms. The second kappa shape index (κ2) is 11.5. The van der Waals surface area contributed by atoms with Crippen LogP contribution < -0.4 is 20.1 Å². The number of nitrogens with zero attached hydrogens (tertiary/aromatic N) is 1. The van der Waals surface area contributed by atoms with E-state index in [0.717, 1.165) is 11.1 Å². The molecule has 2 amide bonds. The lowest BCUT2D eigenvalue weighted by Gasteiger charge is -2.32. The molecule has 1 fully saturated rings. The lowest BCUT2D eigenvalue weighted by Crippen LogP contribution is -2.53. The van der Waals surface area contributed by atoms with Crippen molar-refractivity contribution in [2.24, 2.45) is 0 Å². The Bertz CT molecular complexity index is 1140. The van der Waals surface area contributed by atoms with Gasteiger partial charge in [-0.1, -0.05) is 29.8 Å². The number of benzene rings is 2. The fourth-order valence-electron chi connectivity index (χ4n) is 4.19. The van der Waals surface area contributed by atoms with Crippen LogP contribution >= 0.6 is 0 Å². The normalized spacial score (nSPS) is 15.8. The number of hydrogen-bond acceptors (Lipinski definition) is 6. The number of sulfonamides is 1. The molecule has 2 N–H and O–H groups in total. The summed E-state index contributed by atoms with van der Waals surface area (Å²) in [5.41, 5.74) is 1.71. The molecule has 0 saturated carbocycles.